The highest BCUT2D eigenvalue weighted by molar-refractivity contribution is 7.88. The van der Waals surface area contributed by atoms with E-state index in [1.165, 1.54) is 10.6 Å². The lowest BCUT2D eigenvalue weighted by atomic mass is 10.2. The van der Waals surface area contributed by atoms with Crippen LogP contribution in [0.25, 0.3) is 0 Å². The fourth-order valence-electron chi connectivity index (χ4n) is 1.56. The number of carbonyl (C=O) groups is 1. The molecule has 0 saturated heterocycles. The number of nitrogens with one attached hydrogen (secondary N) is 2. The van der Waals surface area contributed by atoms with E-state index in [1.54, 1.807) is 0 Å². The Morgan fingerprint density at radius 3 is 2.44 bits per heavy atom. The van der Waals surface area contributed by atoms with Gasteiger partial charge in [0.2, 0.25) is 10.0 Å². The first kappa shape index (κ1) is 15.2. The molecule has 2 amide bonds. The molecule has 0 unspecified atom stereocenters. The largest absolute Gasteiger partial charge is 0.337 e. The van der Waals surface area contributed by atoms with Crippen molar-refractivity contribution in [2.75, 3.05) is 25.9 Å². The Morgan fingerprint density at radius 2 is 2.00 bits per heavy atom. The predicted octanol–water partition coefficient (Wildman–Crippen LogP) is 0.366. The predicted molar refractivity (Wildman–Crippen MR) is 70.8 cm³/mol. The molecular weight excluding hydrogens is 254 g/mol. The summed E-state index contributed by atoms with van der Waals surface area (Å²) in [5.74, 6) is 0.264. The van der Waals surface area contributed by atoms with Crippen LogP contribution in [0.2, 0.25) is 0 Å². The number of sulfonamides is 1. The Morgan fingerprint density at radius 1 is 1.39 bits per heavy atom. The molecule has 1 aliphatic rings. The molecule has 6 nitrogen and oxygen atoms in total. The van der Waals surface area contributed by atoms with Crippen LogP contribution in [0.3, 0.4) is 0 Å². The second kappa shape index (κ2) is 6.38. The monoisotopic (exact) mass is 277 g/mol. The molecule has 0 heterocycles. The van der Waals surface area contributed by atoms with Crippen molar-refractivity contribution < 1.29 is 13.2 Å². The third-order valence-corrected chi connectivity index (χ3v) is 3.87. The molecule has 0 aromatic carbocycles. The van der Waals surface area contributed by atoms with Gasteiger partial charge >= 0.3 is 6.03 Å². The Labute approximate surface area is 109 Å². The molecule has 1 rings (SSSR count). The van der Waals surface area contributed by atoms with E-state index in [-0.39, 0.29) is 11.9 Å². The molecule has 2 N–H and O–H groups in total. The maximum Gasteiger partial charge on any atom is 0.315 e. The summed E-state index contributed by atoms with van der Waals surface area (Å²) in [5.41, 5.74) is 0. The van der Waals surface area contributed by atoms with Crippen LogP contribution in [-0.2, 0) is 10.0 Å². The second-order valence-electron chi connectivity index (χ2n) is 5.19. The van der Waals surface area contributed by atoms with Crippen molar-refractivity contribution in [3.63, 3.8) is 0 Å². The molecule has 0 radical (unpaired) electrons. The van der Waals surface area contributed by atoms with Gasteiger partial charge in [0.1, 0.15) is 0 Å². The van der Waals surface area contributed by atoms with E-state index in [1.807, 2.05) is 13.8 Å². The minimum Gasteiger partial charge on any atom is -0.337 e. The van der Waals surface area contributed by atoms with Gasteiger partial charge in [-0.05, 0) is 18.8 Å². The standard InChI is InChI=1S/C11H23N3O3S/c1-9(2)8-14(18(3,16)17)7-6-12-11(15)13-10-4-5-10/h9-10H,4-8H2,1-3H3,(H2,12,13,15). The molecule has 1 aliphatic carbocycles. The minimum atomic E-state index is -3.21. The van der Waals surface area contributed by atoms with Crippen molar-refractivity contribution in [2.45, 2.75) is 32.7 Å². The van der Waals surface area contributed by atoms with E-state index in [9.17, 15) is 13.2 Å². The fourth-order valence-corrected chi connectivity index (χ4v) is 2.55. The molecule has 0 aromatic heterocycles. The summed E-state index contributed by atoms with van der Waals surface area (Å²) >= 11 is 0. The van der Waals surface area contributed by atoms with Gasteiger partial charge in [-0.2, -0.15) is 0 Å². The Hall–Kier alpha value is -0.820. The van der Waals surface area contributed by atoms with E-state index < -0.39 is 10.0 Å². The van der Waals surface area contributed by atoms with E-state index in [4.69, 9.17) is 0 Å². The van der Waals surface area contributed by atoms with Crippen molar-refractivity contribution >= 4 is 16.1 Å². The quantitative estimate of drug-likeness (QED) is 0.705. The lowest BCUT2D eigenvalue weighted by Crippen LogP contribution is -2.43. The van der Waals surface area contributed by atoms with Crippen molar-refractivity contribution in [2.24, 2.45) is 5.92 Å². The molecule has 0 aliphatic heterocycles. The van der Waals surface area contributed by atoms with Gasteiger partial charge in [-0.15, -0.1) is 0 Å². The van der Waals surface area contributed by atoms with Gasteiger partial charge in [0.05, 0.1) is 6.26 Å². The number of hydrogen-bond acceptors (Lipinski definition) is 3. The van der Waals surface area contributed by atoms with Gasteiger partial charge in [-0.3, -0.25) is 0 Å². The highest BCUT2D eigenvalue weighted by Crippen LogP contribution is 2.18. The molecule has 0 bridgehead atoms. The zero-order valence-electron chi connectivity index (χ0n) is 11.3. The average Bonchev–Trinajstić information content (AvgIpc) is 2.98. The number of rotatable bonds is 7. The highest BCUT2D eigenvalue weighted by Gasteiger charge is 2.23. The topological polar surface area (TPSA) is 78.5 Å². The number of urea groups is 1. The van der Waals surface area contributed by atoms with Crippen molar-refractivity contribution in [1.29, 1.82) is 0 Å². The zero-order chi connectivity index (χ0) is 13.8. The highest BCUT2D eigenvalue weighted by atomic mass is 32.2. The maximum atomic E-state index is 11.5. The Kier molecular flexibility index (Phi) is 5.40. The summed E-state index contributed by atoms with van der Waals surface area (Å²) < 4.78 is 24.5. The number of carbonyl (C=O) groups excluding carboxylic acids is 1. The summed E-state index contributed by atoms with van der Waals surface area (Å²) in [5, 5.41) is 5.46. The normalized spacial score (nSPS) is 16.1. The Bertz CT molecular complexity index is 377. The molecule has 0 spiro atoms. The first-order valence-electron chi connectivity index (χ1n) is 6.28. The van der Waals surface area contributed by atoms with Crippen LogP contribution in [0.5, 0.6) is 0 Å². The van der Waals surface area contributed by atoms with Gasteiger partial charge in [0.15, 0.2) is 0 Å². The molecule has 106 valence electrons. The number of hydrogen-bond donors (Lipinski definition) is 2. The first-order valence-corrected chi connectivity index (χ1v) is 8.13. The van der Waals surface area contributed by atoms with E-state index in [2.05, 4.69) is 10.6 Å². The van der Waals surface area contributed by atoms with Crippen LogP contribution >= 0.6 is 0 Å². The summed E-state index contributed by atoms with van der Waals surface area (Å²) in [6, 6.07) is 0.0992. The average molecular weight is 277 g/mol. The number of nitrogens with zero attached hydrogens (tertiary/aromatic N) is 1. The molecule has 1 saturated carbocycles. The van der Waals surface area contributed by atoms with Crippen LogP contribution < -0.4 is 10.6 Å². The molecule has 1 fully saturated rings. The SMILES string of the molecule is CC(C)CN(CCNC(=O)NC1CC1)S(C)(=O)=O. The summed E-state index contributed by atoms with van der Waals surface area (Å²) in [7, 11) is -3.21. The van der Waals surface area contributed by atoms with Crippen molar-refractivity contribution in [3.8, 4) is 0 Å². The second-order valence-corrected chi connectivity index (χ2v) is 7.17. The third-order valence-electron chi connectivity index (χ3n) is 2.60. The molecule has 7 heteroatoms. The van der Waals surface area contributed by atoms with Gasteiger partial charge in [0, 0.05) is 25.7 Å². The molecule has 0 atom stereocenters. The smallest absolute Gasteiger partial charge is 0.315 e. The lowest BCUT2D eigenvalue weighted by Gasteiger charge is -2.22. The molecular formula is C11H23N3O3S. The number of amides is 2. The summed E-state index contributed by atoms with van der Waals surface area (Å²) in [6.45, 7) is 5.05. The molecule has 0 aromatic rings. The third kappa shape index (κ3) is 6.20. The summed E-state index contributed by atoms with van der Waals surface area (Å²) in [4.78, 5) is 11.4. The van der Waals surface area contributed by atoms with Crippen LogP contribution in [0, 0.1) is 5.92 Å². The van der Waals surface area contributed by atoms with Gasteiger partial charge in [-0.25, -0.2) is 17.5 Å². The van der Waals surface area contributed by atoms with Gasteiger partial charge in [-0.1, -0.05) is 13.8 Å². The van der Waals surface area contributed by atoms with Crippen LogP contribution in [0.4, 0.5) is 4.79 Å². The lowest BCUT2D eigenvalue weighted by molar-refractivity contribution is 0.239. The van der Waals surface area contributed by atoms with Crippen LogP contribution in [0.1, 0.15) is 26.7 Å². The Balaban J connectivity index is 2.30. The van der Waals surface area contributed by atoms with E-state index >= 15 is 0 Å². The maximum absolute atomic E-state index is 11.5. The zero-order valence-corrected chi connectivity index (χ0v) is 12.1. The first-order chi connectivity index (χ1) is 8.29. The van der Waals surface area contributed by atoms with Gasteiger partial charge < -0.3 is 10.6 Å². The minimum absolute atomic E-state index is 0.213. The van der Waals surface area contributed by atoms with Crippen molar-refractivity contribution in [1.82, 2.24) is 14.9 Å². The van der Waals surface area contributed by atoms with Gasteiger partial charge in [0.25, 0.3) is 0 Å². The fraction of sp³-hybridized carbons (Fsp3) is 0.909. The van der Waals surface area contributed by atoms with E-state index in [0.29, 0.717) is 25.7 Å². The molecule has 18 heavy (non-hydrogen) atoms. The van der Waals surface area contributed by atoms with Crippen molar-refractivity contribution in [3.05, 3.63) is 0 Å². The van der Waals surface area contributed by atoms with E-state index in [0.717, 1.165) is 12.8 Å². The summed E-state index contributed by atoms with van der Waals surface area (Å²) in [6.07, 6.45) is 3.27. The van der Waals surface area contributed by atoms with Crippen LogP contribution in [0.15, 0.2) is 0 Å². The van der Waals surface area contributed by atoms with Crippen LogP contribution in [-0.4, -0.2) is 50.7 Å².